The lowest BCUT2D eigenvalue weighted by atomic mass is 10.1. The molecular formula is C20H25ClN2O3S. The van der Waals surface area contributed by atoms with Crippen molar-refractivity contribution in [1.29, 1.82) is 0 Å². The number of halogens is 1. The number of benzene rings is 2. The van der Waals surface area contributed by atoms with Gasteiger partial charge in [-0.25, -0.2) is 8.42 Å². The number of rotatable bonds is 8. The Morgan fingerprint density at radius 2 is 1.67 bits per heavy atom. The van der Waals surface area contributed by atoms with Gasteiger partial charge in [0.2, 0.25) is 10.0 Å². The van der Waals surface area contributed by atoms with Crippen molar-refractivity contribution in [2.24, 2.45) is 0 Å². The van der Waals surface area contributed by atoms with Crippen molar-refractivity contribution in [3.63, 3.8) is 0 Å². The first-order chi connectivity index (χ1) is 12.8. The molecule has 0 spiro atoms. The molecule has 0 heterocycles. The highest BCUT2D eigenvalue weighted by Crippen LogP contribution is 2.20. The molecule has 1 amide bonds. The van der Waals surface area contributed by atoms with Gasteiger partial charge in [0.15, 0.2) is 0 Å². The number of hydrogen-bond acceptors (Lipinski definition) is 3. The Morgan fingerprint density at radius 1 is 1.07 bits per heavy atom. The van der Waals surface area contributed by atoms with Crippen LogP contribution in [0.1, 0.15) is 43.1 Å². The van der Waals surface area contributed by atoms with E-state index in [9.17, 15) is 13.2 Å². The summed E-state index contributed by atoms with van der Waals surface area (Å²) in [4.78, 5) is 12.4. The molecule has 0 saturated carbocycles. The van der Waals surface area contributed by atoms with E-state index in [0.29, 0.717) is 17.1 Å². The Morgan fingerprint density at radius 3 is 2.19 bits per heavy atom. The van der Waals surface area contributed by atoms with Gasteiger partial charge in [0.1, 0.15) is 0 Å². The third-order valence-electron chi connectivity index (χ3n) is 4.37. The van der Waals surface area contributed by atoms with Gasteiger partial charge in [-0.3, -0.25) is 4.79 Å². The number of nitrogens with one attached hydrogen (secondary N) is 1. The van der Waals surface area contributed by atoms with Gasteiger partial charge in [0.05, 0.1) is 4.90 Å². The van der Waals surface area contributed by atoms with Crippen LogP contribution in [0.25, 0.3) is 0 Å². The van der Waals surface area contributed by atoms with E-state index in [-0.39, 0.29) is 23.4 Å². The minimum Gasteiger partial charge on any atom is -0.350 e. The minimum absolute atomic E-state index is 0.109. The molecule has 0 aliphatic heterocycles. The van der Waals surface area contributed by atoms with E-state index in [0.717, 1.165) is 12.0 Å². The highest BCUT2D eigenvalue weighted by Gasteiger charge is 2.23. The molecule has 2 aromatic carbocycles. The summed E-state index contributed by atoms with van der Waals surface area (Å²) in [5.41, 5.74) is 1.37. The largest absolute Gasteiger partial charge is 0.350 e. The van der Waals surface area contributed by atoms with E-state index < -0.39 is 10.0 Å². The first-order valence-corrected chi connectivity index (χ1v) is 10.7. The lowest BCUT2D eigenvalue weighted by molar-refractivity contribution is 0.0939. The second-order valence-corrected chi connectivity index (χ2v) is 8.74. The zero-order valence-electron chi connectivity index (χ0n) is 15.8. The molecule has 0 aliphatic rings. The second-order valence-electron chi connectivity index (χ2n) is 6.36. The maximum Gasteiger partial charge on any atom is 0.251 e. The molecule has 1 atom stereocenters. The minimum atomic E-state index is -3.62. The quantitative estimate of drug-likeness (QED) is 0.715. The van der Waals surface area contributed by atoms with Crippen molar-refractivity contribution in [3.8, 4) is 0 Å². The smallest absolute Gasteiger partial charge is 0.251 e. The molecule has 0 aromatic heterocycles. The molecule has 7 heteroatoms. The number of sulfonamides is 1. The molecule has 0 fully saturated rings. The van der Waals surface area contributed by atoms with E-state index in [1.807, 2.05) is 13.8 Å². The average molecular weight is 409 g/mol. The molecule has 0 unspecified atom stereocenters. The number of amides is 1. The Labute approximate surface area is 166 Å². The van der Waals surface area contributed by atoms with Gasteiger partial charge in [-0.1, -0.05) is 37.6 Å². The van der Waals surface area contributed by atoms with Gasteiger partial charge in [-0.05, 0) is 55.3 Å². The predicted octanol–water partition coefficient (Wildman–Crippen LogP) is 4.08. The fourth-order valence-electron chi connectivity index (χ4n) is 2.50. The van der Waals surface area contributed by atoms with E-state index in [2.05, 4.69) is 5.32 Å². The van der Waals surface area contributed by atoms with Crippen LogP contribution in [0.2, 0.25) is 5.02 Å². The Hall–Kier alpha value is -1.89. The van der Waals surface area contributed by atoms with Crippen molar-refractivity contribution in [3.05, 3.63) is 64.7 Å². The number of nitrogens with zero attached hydrogens (tertiary/aromatic N) is 1. The summed E-state index contributed by atoms with van der Waals surface area (Å²) in [6, 6.07) is 13.2. The highest BCUT2D eigenvalue weighted by molar-refractivity contribution is 7.89. The lowest BCUT2D eigenvalue weighted by Gasteiger charge is -2.21. The van der Waals surface area contributed by atoms with Crippen LogP contribution >= 0.6 is 11.6 Å². The van der Waals surface area contributed by atoms with Crippen LogP contribution in [-0.2, 0) is 16.6 Å². The van der Waals surface area contributed by atoms with E-state index >= 15 is 0 Å². The zero-order valence-corrected chi connectivity index (χ0v) is 17.3. The van der Waals surface area contributed by atoms with Gasteiger partial charge < -0.3 is 5.32 Å². The molecule has 2 rings (SSSR count). The molecule has 2 aromatic rings. The Bertz CT molecular complexity index is 865. The van der Waals surface area contributed by atoms with Crippen LogP contribution in [0.3, 0.4) is 0 Å². The van der Waals surface area contributed by atoms with Crippen molar-refractivity contribution in [1.82, 2.24) is 9.62 Å². The molecule has 5 nitrogen and oxygen atoms in total. The van der Waals surface area contributed by atoms with Crippen molar-refractivity contribution < 1.29 is 13.2 Å². The normalized spacial score (nSPS) is 12.8. The van der Waals surface area contributed by atoms with Crippen molar-refractivity contribution in [2.75, 3.05) is 6.54 Å². The molecule has 27 heavy (non-hydrogen) atoms. The third-order valence-corrected chi connectivity index (χ3v) is 6.56. The first-order valence-electron chi connectivity index (χ1n) is 8.93. The van der Waals surface area contributed by atoms with Gasteiger partial charge in [0, 0.05) is 29.7 Å². The van der Waals surface area contributed by atoms with Gasteiger partial charge in [0.25, 0.3) is 5.91 Å². The molecule has 0 aliphatic carbocycles. The highest BCUT2D eigenvalue weighted by atomic mass is 35.5. The number of hydrogen-bond donors (Lipinski definition) is 1. The fraction of sp³-hybridized carbons (Fsp3) is 0.350. The summed E-state index contributed by atoms with van der Waals surface area (Å²) in [5.74, 6) is -0.128. The van der Waals surface area contributed by atoms with Crippen LogP contribution in [0.4, 0.5) is 0 Å². The molecule has 0 bridgehead atoms. The maximum absolute atomic E-state index is 12.8. The van der Waals surface area contributed by atoms with Crippen molar-refractivity contribution in [2.45, 2.75) is 44.7 Å². The monoisotopic (exact) mass is 408 g/mol. The van der Waals surface area contributed by atoms with Crippen LogP contribution < -0.4 is 5.32 Å². The Balaban J connectivity index is 2.14. The third kappa shape index (κ3) is 5.54. The standard InChI is InChI=1S/C20H25ClN2O3S/c1-4-15(3)22-20(24)17-8-6-16(7-9-17)14-23(5-2)27(25,26)19-12-10-18(21)11-13-19/h6-13,15H,4-5,14H2,1-3H3,(H,22,24)/t15-/m1/s1. The summed E-state index contributed by atoms with van der Waals surface area (Å²) in [6.45, 7) is 6.32. The lowest BCUT2D eigenvalue weighted by Crippen LogP contribution is -2.32. The number of carbonyl (C=O) groups is 1. The van der Waals surface area contributed by atoms with Gasteiger partial charge in [-0.15, -0.1) is 0 Å². The van der Waals surface area contributed by atoms with Crippen LogP contribution in [0.5, 0.6) is 0 Å². The molecule has 1 N–H and O–H groups in total. The average Bonchev–Trinajstić information content (AvgIpc) is 2.66. The molecule has 0 radical (unpaired) electrons. The van der Waals surface area contributed by atoms with E-state index in [4.69, 9.17) is 11.6 Å². The van der Waals surface area contributed by atoms with E-state index in [1.165, 1.54) is 16.4 Å². The molecular weight excluding hydrogens is 384 g/mol. The second kappa shape index (κ2) is 9.35. The van der Waals surface area contributed by atoms with Gasteiger partial charge in [-0.2, -0.15) is 4.31 Å². The predicted molar refractivity (Wildman–Crippen MR) is 108 cm³/mol. The van der Waals surface area contributed by atoms with Crippen LogP contribution in [-0.4, -0.2) is 31.2 Å². The number of carbonyl (C=O) groups excluding carboxylic acids is 1. The summed E-state index contributed by atoms with van der Waals surface area (Å²) in [6.07, 6.45) is 0.859. The van der Waals surface area contributed by atoms with E-state index in [1.54, 1.807) is 43.3 Å². The van der Waals surface area contributed by atoms with Crippen molar-refractivity contribution >= 4 is 27.5 Å². The SMILES string of the molecule is CC[C@@H](C)NC(=O)c1ccc(CN(CC)S(=O)(=O)c2ccc(Cl)cc2)cc1. The summed E-state index contributed by atoms with van der Waals surface area (Å²) in [7, 11) is -3.62. The zero-order chi connectivity index (χ0) is 20.0. The van der Waals surface area contributed by atoms with Crippen LogP contribution in [0, 0.1) is 0 Å². The Kier molecular flexibility index (Phi) is 7.41. The van der Waals surface area contributed by atoms with Gasteiger partial charge >= 0.3 is 0 Å². The maximum atomic E-state index is 12.8. The summed E-state index contributed by atoms with van der Waals surface area (Å²) < 4.78 is 27.0. The molecule has 0 saturated heterocycles. The fourth-order valence-corrected chi connectivity index (χ4v) is 4.06. The molecule has 146 valence electrons. The summed E-state index contributed by atoms with van der Waals surface area (Å²) in [5, 5.41) is 3.40. The topological polar surface area (TPSA) is 66.5 Å². The van der Waals surface area contributed by atoms with Crippen LogP contribution in [0.15, 0.2) is 53.4 Å². The summed E-state index contributed by atoms with van der Waals surface area (Å²) >= 11 is 5.84. The first kappa shape index (κ1) is 21.4.